The topological polar surface area (TPSA) is 198 Å². The fourth-order valence-electron chi connectivity index (χ4n) is 14.3. The highest BCUT2D eigenvalue weighted by atomic mass is 32.2. The summed E-state index contributed by atoms with van der Waals surface area (Å²) in [5, 5.41) is 6.51. The highest BCUT2D eigenvalue weighted by Crippen LogP contribution is 2.37. The predicted molar refractivity (Wildman–Crippen MR) is 520 cm³/mol. The standard InChI is InChI=1S/C13H18N2.C13H18.C12H14N2.C12H15NS.C12H14O2S.C12H16O.2C11H14N2.C10H13N3/c1-8-6-10-11(7-9(8)2)15-12(14-10)13(3,4)5;1-13(2,3)12-9-5-7-10-6-4-8-11(10)12;1-12(2,3)9-4-5-10-11(8-9)14-7-6-13-10;1-8-13-10-7-9(12(2,3)4)5-6-11(10)14-8;1-12(2,3)10-5-4-9-6-7-15(13,14)11(9)8-10;1-12(2,3)10-4-5-11-9(8-10)6-7-13-11;1-11(2,3)8-4-5-9-10(6-8)13-7-12-9;1-11(2,3)10-12-8-6-4-5-7-9(8)13-10;1-10(2,3)8-5-4-6-13-9(8)11-7-12-13/h6-7H,1-5H3,(H,14,15);5,7,9H,4,6,8H2,1-3H3;4-8H,1-3H3;5-7H,1-4H3;4-8H,1-3H3;4-5,8H,6-7H2,1-3H3;2*4-7H,1-3H3,(H,12,13);4-7H,1-3H3. The Morgan fingerprint density at radius 1 is 0.415 bits per heavy atom. The molecule has 0 saturated heterocycles. The summed E-state index contributed by atoms with van der Waals surface area (Å²) in [5.41, 5.74) is 29.2. The van der Waals surface area contributed by atoms with Gasteiger partial charge in [-0.2, -0.15) is 5.10 Å². The van der Waals surface area contributed by atoms with Gasteiger partial charge < -0.3 is 19.7 Å². The molecule has 9 heterocycles. The molecule has 3 N–H and O–H groups in total. The monoisotopic (exact) mass is 1690 g/mol. The van der Waals surface area contributed by atoms with Crippen LogP contribution in [-0.4, -0.2) is 74.5 Å². The van der Waals surface area contributed by atoms with E-state index in [1.807, 2.05) is 48.7 Å². The Kier molecular flexibility index (Phi) is 28.9. The van der Waals surface area contributed by atoms with Crippen molar-refractivity contribution in [3.63, 3.8) is 0 Å². The molecular formula is C106H136N12O3S2. The fraction of sp³-hybridized carbons (Fsp3) is 0.415. The molecule has 7 aromatic heterocycles. The zero-order valence-corrected chi connectivity index (χ0v) is 80.8. The first-order chi connectivity index (χ1) is 57.1. The maximum atomic E-state index is 11.6. The van der Waals surface area contributed by atoms with Crippen molar-refractivity contribution in [2.45, 2.75) is 287 Å². The number of aromatic nitrogens is 12. The second-order valence-corrected chi connectivity index (χ2v) is 45.0. The lowest BCUT2D eigenvalue weighted by Crippen LogP contribution is -2.13. The molecule has 0 saturated carbocycles. The van der Waals surface area contributed by atoms with Crippen molar-refractivity contribution in [2.24, 2.45) is 0 Å². The minimum atomic E-state index is -3.17. The second-order valence-electron chi connectivity index (χ2n) is 42.0. The van der Waals surface area contributed by atoms with Crippen LogP contribution < -0.4 is 4.74 Å². The molecule has 0 spiro atoms. The van der Waals surface area contributed by atoms with E-state index in [-0.39, 0.29) is 43.3 Å². The number of fused-ring (bicyclic) bond motifs is 9. The maximum absolute atomic E-state index is 11.6. The summed E-state index contributed by atoms with van der Waals surface area (Å²) in [6.07, 6.45) is 15.3. The lowest BCUT2D eigenvalue weighted by molar-refractivity contribution is 0.356. The Hall–Kier alpha value is -10.5. The number of pyridine rings is 1. The van der Waals surface area contributed by atoms with E-state index in [4.69, 9.17) is 4.74 Å². The lowest BCUT2D eigenvalue weighted by Gasteiger charge is -2.22. The average Bonchev–Trinajstić information content (AvgIpc) is 1.66. The highest BCUT2D eigenvalue weighted by Gasteiger charge is 2.27. The number of imidazole rings is 3. The van der Waals surface area contributed by atoms with Gasteiger partial charge in [0.15, 0.2) is 15.5 Å². The summed E-state index contributed by atoms with van der Waals surface area (Å²) in [4.78, 5) is 40.9. The van der Waals surface area contributed by atoms with E-state index in [0.29, 0.717) is 10.3 Å². The molecule has 15 aromatic rings. The molecule has 1 aliphatic carbocycles. The molecular weight excluding hydrogens is 1550 g/mol. The van der Waals surface area contributed by atoms with Gasteiger partial charge in [0.2, 0.25) is 0 Å². The van der Waals surface area contributed by atoms with Crippen LogP contribution in [0.4, 0.5) is 0 Å². The first-order valence-electron chi connectivity index (χ1n) is 43.3. The van der Waals surface area contributed by atoms with Crippen molar-refractivity contribution >= 4 is 87.2 Å². The van der Waals surface area contributed by atoms with Gasteiger partial charge in [-0.15, -0.1) is 11.3 Å². The average molecular weight is 1690 g/mol. The summed E-state index contributed by atoms with van der Waals surface area (Å²) >= 11 is 1.76. The largest absolute Gasteiger partial charge is 0.493 e. The minimum Gasteiger partial charge on any atom is -0.493 e. The first-order valence-corrected chi connectivity index (χ1v) is 45.7. The van der Waals surface area contributed by atoms with E-state index in [9.17, 15) is 8.42 Å². The quantitative estimate of drug-likeness (QED) is 0.131. The molecule has 0 bridgehead atoms. The molecule has 0 radical (unpaired) electrons. The molecule has 0 atom stereocenters. The van der Waals surface area contributed by atoms with Gasteiger partial charge in [0.25, 0.3) is 0 Å². The molecule has 3 aliphatic rings. The van der Waals surface area contributed by atoms with Gasteiger partial charge in [0, 0.05) is 46.8 Å². The molecule has 123 heavy (non-hydrogen) atoms. The number of H-pyrrole nitrogens is 3. The van der Waals surface area contributed by atoms with Crippen LogP contribution in [0.2, 0.25) is 0 Å². The molecule has 17 heteroatoms. The molecule has 650 valence electrons. The van der Waals surface area contributed by atoms with Crippen molar-refractivity contribution in [1.82, 2.24) is 59.5 Å². The Balaban J connectivity index is 0.000000145. The Morgan fingerprint density at radius 2 is 0.959 bits per heavy atom. The Morgan fingerprint density at radius 3 is 1.59 bits per heavy atom. The second kappa shape index (κ2) is 37.5. The number of aryl methyl sites for hydroxylation is 4. The van der Waals surface area contributed by atoms with E-state index in [0.717, 1.165) is 102 Å². The fourth-order valence-corrected chi connectivity index (χ4v) is 16.3. The number of hydrogen-bond donors (Lipinski definition) is 3. The molecule has 8 aromatic carbocycles. The number of aromatic amines is 3. The van der Waals surface area contributed by atoms with Gasteiger partial charge >= 0.3 is 0 Å². The molecule has 18 rings (SSSR count). The number of thiazole rings is 1. The Labute approximate surface area is 737 Å². The van der Waals surface area contributed by atoms with Crippen molar-refractivity contribution < 1.29 is 13.2 Å². The van der Waals surface area contributed by atoms with E-state index in [2.05, 4.69) is 372 Å². The van der Waals surface area contributed by atoms with Crippen LogP contribution in [0.3, 0.4) is 0 Å². The van der Waals surface area contributed by atoms with Crippen LogP contribution in [0.15, 0.2) is 199 Å². The number of rotatable bonds is 0. The summed E-state index contributed by atoms with van der Waals surface area (Å²) in [6.45, 7) is 66.5. The minimum absolute atomic E-state index is 0.0207. The van der Waals surface area contributed by atoms with Gasteiger partial charge in [0.05, 0.1) is 77.2 Å². The van der Waals surface area contributed by atoms with Gasteiger partial charge in [-0.05, 0) is 230 Å². The summed E-state index contributed by atoms with van der Waals surface area (Å²) in [6, 6.07) is 54.8. The number of para-hydroxylation sites is 2. The van der Waals surface area contributed by atoms with Crippen molar-refractivity contribution in [1.29, 1.82) is 0 Å². The molecule has 2 aliphatic heterocycles. The number of hydrogen-bond acceptors (Lipinski definition) is 12. The lowest BCUT2D eigenvalue weighted by atomic mass is 9.83. The number of nitrogens with one attached hydrogen (secondary N) is 3. The van der Waals surface area contributed by atoms with Crippen LogP contribution >= 0.6 is 11.3 Å². The number of ether oxygens (including phenoxy) is 1. The number of sulfone groups is 1. The zero-order chi connectivity index (χ0) is 90.4. The Bertz CT molecular complexity index is 6200. The SMILES string of the molecule is CC(C)(C)c1ccc2c(c1)CCO2.CC(C)(C)c1ccc2c(c1)S(=O)(=O)C=C2.CC(C)(C)c1ccc2nc[nH]c2c1.CC(C)(C)c1ccc2nccnc2c1.CC(C)(C)c1cccc2c1CCC2.CC(C)(C)c1cccn2ncnc12.CC(C)(C)c1nc2ccccc2[nH]1.Cc1cc2nc(C(C)(C)C)[nH]c2cc1C.Cc1nc2cc(C(C)(C)C)ccc2s1. The van der Waals surface area contributed by atoms with Crippen molar-refractivity contribution in [3.8, 4) is 5.75 Å². The van der Waals surface area contributed by atoms with Crippen LogP contribution in [0.1, 0.15) is 282 Å². The predicted octanol–water partition coefficient (Wildman–Crippen LogP) is 27.2. The molecule has 15 nitrogen and oxygen atoms in total. The van der Waals surface area contributed by atoms with Gasteiger partial charge in [-0.25, -0.2) is 37.9 Å². The molecule has 0 amide bonds. The van der Waals surface area contributed by atoms with Crippen LogP contribution in [-0.2, 0) is 77.8 Å². The summed E-state index contributed by atoms with van der Waals surface area (Å²) < 4.78 is 31.9. The van der Waals surface area contributed by atoms with Crippen LogP contribution in [0, 0.1) is 20.8 Å². The number of benzene rings is 8. The van der Waals surface area contributed by atoms with Gasteiger partial charge in [-0.3, -0.25) is 9.97 Å². The van der Waals surface area contributed by atoms with Gasteiger partial charge in [0.1, 0.15) is 23.7 Å². The summed E-state index contributed by atoms with van der Waals surface area (Å²) in [5.74, 6) is 3.18. The third-order valence-electron chi connectivity index (χ3n) is 22.1. The van der Waals surface area contributed by atoms with E-state index in [1.54, 1.807) is 69.7 Å². The van der Waals surface area contributed by atoms with Crippen LogP contribution in [0.5, 0.6) is 5.75 Å². The van der Waals surface area contributed by atoms with E-state index >= 15 is 0 Å². The van der Waals surface area contributed by atoms with Crippen molar-refractivity contribution in [3.05, 3.63) is 283 Å². The van der Waals surface area contributed by atoms with E-state index < -0.39 is 9.84 Å². The zero-order valence-electron chi connectivity index (χ0n) is 79.2. The smallest absolute Gasteiger partial charge is 0.200 e. The normalized spacial score (nSPS) is 13.6. The number of nitrogens with zero attached hydrogens (tertiary/aromatic N) is 9. The third-order valence-corrected chi connectivity index (χ3v) is 24.5. The molecule has 0 unspecified atom stereocenters. The third kappa shape index (κ3) is 25.2. The summed E-state index contributed by atoms with van der Waals surface area (Å²) in [7, 11) is -3.17. The van der Waals surface area contributed by atoms with E-state index in [1.165, 1.54) is 73.9 Å². The molecule has 0 fully saturated rings. The maximum Gasteiger partial charge on any atom is 0.200 e. The van der Waals surface area contributed by atoms with Gasteiger partial charge in [-0.1, -0.05) is 266 Å². The highest BCUT2D eigenvalue weighted by molar-refractivity contribution is 7.94. The first kappa shape index (κ1) is 94.8. The van der Waals surface area contributed by atoms with Crippen LogP contribution in [0.25, 0.3) is 66.1 Å². The van der Waals surface area contributed by atoms with Crippen molar-refractivity contribution in [2.75, 3.05) is 6.61 Å².